The summed E-state index contributed by atoms with van der Waals surface area (Å²) in [7, 11) is -3.47. The molecule has 0 aliphatic heterocycles. The van der Waals surface area contributed by atoms with Crippen molar-refractivity contribution >= 4 is 21.9 Å². The lowest BCUT2D eigenvalue weighted by Crippen LogP contribution is -2.29. The van der Waals surface area contributed by atoms with Crippen LogP contribution in [-0.4, -0.2) is 46.1 Å². The van der Waals surface area contributed by atoms with Gasteiger partial charge in [-0.25, -0.2) is 23.4 Å². The van der Waals surface area contributed by atoms with E-state index in [4.69, 9.17) is 4.74 Å². The normalized spacial score (nSPS) is 14.3. The molecule has 3 aromatic rings. The van der Waals surface area contributed by atoms with Crippen molar-refractivity contribution in [1.29, 1.82) is 0 Å². The largest absolute Gasteiger partial charge is 0.477 e. The predicted octanol–water partition coefficient (Wildman–Crippen LogP) is 3.12. The molecule has 0 spiro atoms. The Morgan fingerprint density at radius 2 is 1.88 bits per heavy atom. The topological polar surface area (TPSA) is 136 Å². The first kappa shape index (κ1) is 23.6. The molecule has 1 saturated carbocycles. The minimum absolute atomic E-state index is 0.0110. The minimum atomic E-state index is -3.47. The minimum Gasteiger partial charge on any atom is -0.477 e. The van der Waals surface area contributed by atoms with E-state index in [2.05, 4.69) is 30.0 Å². The van der Waals surface area contributed by atoms with Crippen molar-refractivity contribution in [1.82, 2.24) is 25.3 Å². The van der Waals surface area contributed by atoms with Crippen LogP contribution in [0.4, 0.5) is 5.95 Å². The molecule has 1 aromatic carbocycles. The molecule has 1 amide bonds. The summed E-state index contributed by atoms with van der Waals surface area (Å²) in [5.74, 6) is 0.180. The lowest BCUT2D eigenvalue weighted by molar-refractivity contribution is 0.0934. The Labute approximate surface area is 198 Å². The summed E-state index contributed by atoms with van der Waals surface area (Å²) >= 11 is 0. The molecule has 0 radical (unpaired) electrons. The van der Waals surface area contributed by atoms with Gasteiger partial charge in [-0.15, -0.1) is 0 Å². The number of rotatable bonds is 10. The zero-order valence-corrected chi connectivity index (χ0v) is 19.7. The number of carbonyl (C=O) groups is 1. The van der Waals surface area contributed by atoms with Crippen LogP contribution in [0.5, 0.6) is 5.88 Å². The monoisotopic (exact) mass is 482 g/mol. The van der Waals surface area contributed by atoms with Gasteiger partial charge < -0.3 is 10.1 Å². The van der Waals surface area contributed by atoms with Gasteiger partial charge in [0.05, 0.1) is 41.7 Å². The summed E-state index contributed by atoms with van der Waals surface area (Å²) in [5, 5.41) is 2.58. The van der Waals surface area contributed by atoms with Crippen molar-refractivity contribution < 1.29 is 17.9 Å². The van der Waals surface area contributed by atoms with Crippen molar-refractivity contribution in [3.05, 3.63) is 60.2 Å². The highest BCUT2D eigenvalue weighted by atomic mass is 32.2. The molecule has 34 heavy (non-hydrogen) atoms. The molecule has 0 saturated heterocycles. The third-order valence-corrected chi connectivity index (χ3v) is 7.11. The second-order valence-corrected chi connectivity index (χ2v) is 9.80. The van der Waals surface area contributed by atoms with Gasteiger partial charge in [0.1, 0.15) is 0 Å². The molecule has 1 unspecified atom stereocenters. The SMILES string of the molecule is CCOc1cncc(-c2ccc(C(=O)NC(CC)c3ccnc(NS(=O)(=O)C4CC4)n3)cc2)n1. The van der Waals surface area contributed by atoms with Crippen LogP contribution >= 0.6 is 0 Å². The molecule has 1 aliphatic carbocycles. The smallest absolute Gasteiger partial charge is 0.251 e. The molecule has 178 valence electrons. The summed E-state index contributed by atoms with van der Waals surface area (Å²) in [6, 6.07) is 8.27. The number of hydrogen-bond acceptors (Lipinski definition) is 8. The third-order valence-electron chi connectivity index (χ3n) is 5.29. The summed E-state index contributed by atoms with van der Waals surface area (Å²) in [5.41, 5.74) is 2.45. The molecule has 1 fully saturated rings. The summed E-state index contributed by atoms with van der Waals surface area (Å²) in [6.07, 6.45) is 6.52. The van der Waals surface area contributed by atoms with Crippen LogP contribution in [0.2, 0.25) is 0 Å². The number of ether oxygens (including phenoxy) is 1. The molecule has 2 N–H and O–H groups in total. The van der Waals surface area contributed by atoms with Gasteiger partial charge in [0.15, 0.2) is 0 Å². The van der Waals surface area contributed by atoms with Gasteiger partial charge in [-0.05, 0) is 44.4 Å². The average molecular weight is 483 g/mol. The highest BCUT2D eigenvalue weighted by molar-refractivity contribution is 7.93. The van der Waals surface area contributed by atoms with E-state index >= 15 is 0 Å². The van der Waals surface area contributed by atoms with Crippen LogP contribution < -0.4 is 14.8 Å². The lowest BCUT2D eigenvalue weighted by atomic mass is 10.1. The van der Waals surface area contributed by atoms with Crippen LogP contribution in [0.3, 0.4) is 0 Å². The maximum Gasteiger partial charge on any atom is 0.251 e. The van der Waals surface area contributed by atoms with Crippen molar-refractivity contribution in [3.63, 3.8) is 0 Å². The summed E-state index contributed by atoms with van der Waals surface area (Å²) in [4.78, 5) is 29.8. The number of benzene rings is 1. The standard InChI is InChI=1S/C23H26N6O4S/c1-3-18(19-11-12-25-23(28-19)29-34(31,32)17-9-10-17)27-22(30)16-7-5-15(6-8-16)20-13-24-14-21(26-20)33-4-2/h5-8,11-14,17-18H,3-4,9-10H2,1-2H3,(H,27,30)(H,25,28,29). The van der Waals surface area contributed by atoms with Gasteiger partial charge in [0.2, 0.25) is 21.9 Å². The van der Waals surface area contributed by atoms with E-state index in [0.29, 0.717) is 48.7 Å². The van der Waals surface area contributed by atoms with E-state index in [1.165, 1.54) is 6.20 Å². The van der Waals surface area contributed by atoms with E-state index in [9.17, 15) is 13.2 Å². The lowest BCUT2D eigenvalue weighted by Gasteiger charge is -2.17. The van der Waals surface area contributed by atoms with Gasteiger partial charge in [-0.2, -0.15) is 0 Å². The molecule has 1 atom stereocenters. The molecule has 0 bridgehead atoms. The number of carbonyl (C=O) groups excluding carboxylic acids is 1. The van der Waals surface area contributed by atoms with E-state index in [-0.39, 0.29) is 17.1 Å². The van der Waals surface area contributed by atoms with Crippen molar-refractivity contribution in [2.75, 3.05) is 11.3 Å². The van der Waals surface area contributed by atoms with E-state index in [1.807, 2.05) is 13.8 Å². The van der Waals surface area contributed by atoms with Crippen molar-refractivity contribution in [3.8, 4) is 17.1 Å². The van der Waals surface area contributed by atoms with Gasteiger partial charge in [0, 0.05) is 17.3 Å². The van der Waals surface area contributed by atoms with Crippen LogP contribution in [0.25, 0.3) is 11.3 Å². The van der Waals surface area contributed by atoms with E-state index in [0.717, 1.165) is 5.56 Å². The highest BCUT2D eigenvalue weighted by Gasteiger charge is 2.36. The van der Waals surface area contributed by atoms with Gasteiger partial charge in [-0.3, -0.25) is 14.5 Å². The first-order chi connectivity index (χ1) is 16.4. The second-order valence-electron chi connectivity index (χ2n) is 7.84. The average Bonchev–Trinajstić information content (AvgIpc) is 3.69. The quantitative estimate of drug-likeness (QED) is 0.450. The van der Waals surface area contributed by atoms with E-state index < -0.39 is 16.1 Å². The van der Waals surface area contributed by atoms with Gasteiger partial charge in [0.25, 0.3) is 5.91 Å². The number of amides is 1. The van der Waals surface area contributed by atoms with Gasteiger partial charge in [-0.1, -0.05) is 19.1 Å². The highest BCUT2D eigenvalue weighted by Crippen LogP contribution is 2.29. The molecule has 2 aromatic heterocycles. The van der Waals surface area contributed by atoms with Crippen molar-refractivity contribution in [2.24, 2.45) is 0 Å². The Kier molecular flexibility index (Phi) is 7.01. The number of aromatic nitrogens is 4. The fourth-order valence-corrected chi connectivity index (χ4v) is 4.60. The number of nitrogens with one attached hydrogen (secondary N) is 2. The Hall–Kier alpha value is -3.60. The van der Waals surface area contributed by atoms with E-state index in [1.54, 1.807) is 42.7 Å². The third kappa shape index (κ3) is 5.66. The fourth-order valence-electron chi connectivity index (χ4n) is 3.33. The molecule has 11 heteroatoms. The first-order valence-electron chi connectivity index (χ1n) is 11.1. The van der Waals surface area contributed by atoms with Crippen LogP contribution in [0, 0.1) is 0 Å². The molecule has 10 nitrogen and oxygen atoms in total. The zero-order chi connectivity index (χ0) is 24.1. The van der Waals surface area contributed by atoms with Gasteiger partial charge >= 0.3 is 0 Å². The Morgan fingerprint density at radius 3 is 2.56 bits per heavy atom. The molecular formula is C23H26N6O4S. The Bertz CT molecular complexity index is 1260. The number of nitrogens with zero attached hydrogens (tertiary/aromatic N) is 4. The summed E-state index contributed by atoms with van der Waals surface area (Å²) in [6.45, 7) is 4.28. The number of anilines is 1. The molecule has 2 heterocycles. The fraction of sp³-hybridized carbons (Fsp3) is 0.348. The van der Waals surface area contributed by atoms with Crippen molar-refractivity contribution in [2.45, 2.75) is 44.4 Å². The van der Waals surface area contributed by atoms with Crippen LogP contribution in [-0.2, 0) is 10.0 Å². The molecular weight excluding hydrogens is 456 g/mol. The maximum atomic E-state index is 12.9. The predicted molar refractivity (Wildman–Crippen MR) is 127 cm³/mol. The Morgan fingerprint density at radius 1 is 1.12 bits per heavy atom. The van der Waals surface area contributed by atoms with Crippen LogP contribution in [0.15, 0.2) is 48.9 Å². The maximum absolute atomic E-state index is 12.9. The first-order valence-corrected chi connectivity index (χ1v) is 12.6. The number of sulfonamides is 1. The molecule has 1 aliphatic rings. The van der Waals surface area contributed by atoms with Crippen LogP contribution in [0.1, 0.15) is 55.2 Å². The zero-order valence-electron chi connectivity index (χ0n) is 18.9. The number of hydrogen-bond donors (Lipinski definition) is 2. The second kappa shape index (κ2) is 10.1. The summed E-state index contributed by atoms with van der Waals surface area (Å²) < 4.78 is 32.2. The Balaban J connectivity index is 1.45. The molecule has 4 rings (SSSR count).